The van der Waals surface area contributed by atoms with Gasteiger partial charge in [-0.25, -0.2) is 0 Å². The minimum Gasteiger partial charge on any atom is -0.496 e. The van der Waals surface area contributed by atoms with Crippen molar-refractivity contribution in [2.24, 2.45) is 0 Å². The molecular weight excluding hydrogens is 240 g/mol. The second kappa shape index (κ2) is 5.39. The molecule has 104 valence electrons. The lowest BCUT2D eigenvalue weighted by Gasteiger charge is -2.32. The molecular formula is C15H22N2O2. The van der Waals surface area contributed by atoms with Crippen molar-refractivity contribution in [3.8, 4) is 5.75 Å². The Morgan fingerprint density at radius 3 is 3.05 bits per heavy atom. The highest BCUT2D eigenvalue weighted by molar-refractivity contribution is 5.63. The SMILES string of the molecule is COc1c(C2CNCCO2)ccc2c1CCCN2C. The third-order valence-electron chi connectivity index (χ3n) is 4.08. The van der Waals surface area contributed by atoms with Gasteiger partial charge < -0.3 is 19.7 Å². The average Bonchev–Trinajstić information content (AvgIpc) is 2.47. The number of fused-ring (bicyclic) bond motifs is 1. The van der Waals surface area contributed by atoms with Crippen LogP contribution in [0.25, 0.3) is 0 Å². The van der Waals surface area contributed by atoms with E-state index in [1.165, 1.54) is 23.2 Å². The summed E-state index contributed by atoms with van der Waals surface area (Å²) < 4.78 is 11.6. The molecule has 0 spiro atoms. The molecule has 0 bridgehead atoms. The minimum absolute atomic E-state index is 0.112. The Morgan fingerprint density at radius 1 is 1.42 bits per heavy atom. The van der Waals surface area contributed by atoms with E-state index in [1.54, 1.807) is 7.11 Å². The quantitative estimate of drug-likeness (QED) is 0.880. The van der Waals surface area contributed by atoms with Crippen molar-refractivity contribution in [3.63, 3.8) is 0 Å². The molecule has 2 aliphatic heterocycles. The molecule has 4 heteroatoms. The van der Waals surface area contributed by atoms with Crippen LogP contribution in [0.4, 0.5) is 5.69 Å². The Bertz CT molecular complexity index is 456. The second-order valence-corrected chi connectivity index (χ2v) is 5.27. The summed E-state index contributed by atoms with van der Waals surface area (Å²) in [5.41, 5.74) is 3.82. The lowest BCUT2D eigenvalue weighted by molar-refractivity contribution is 0.0262. The first-order chi connectivity index (χ1) is 9.31. The number of rotatable bonds is 2. The van der Waals surface area contributed by atoms with E-state index >= 15 is 0 Å². The first-order valence-corrected chi connectivity index (χ1v) is 7.04. The van der Waals surface area contributed by atoms with Gasteiger partial charge in [0.1, 0.15) is 5.75 Å². The average molecular weight is 262 g/mol. The number of morpholine rings is 1. The molecule has 1 unspecified atom stereocenters. The topological polar surface area (TPSA) is 33.7 Å². The van der Waals surface area contributed by atoms with Crippen molar-refractivity contribution >= 4 is 5.69 Å². The zero-order chi connectivity index (χ0) is 13.2. The number of hydrogen-bond donors (Lipinski definition) is 1. The predicted octanol–water partition coefficient (Wildman–Crippen LogP) is 1.74. The van der Waals surface area contributed by atoms with Crippen LogP contribution in [0.2, 0.25) is 0 Å². The summed E-state index contributed by atoms with van der Waals surface area (Å²) in [4.78, 5) is 2.31. The molecule has 19 heavy (non-hydrogen) atoms. The summed E-state index contributed by atoms with van der Waals surface area (Å²) in [7, 11) is 3.92. The maximum Gasteiger partial charge on any atom is 0.129 e. The first-order valence-electron chi connectivity index (χ1n) is 7.04. The van der Waals surface area contributed by atoms with Crippen LogP contribution in [0.5, 0.6) is 5.75 Å². The van der Waals surface area contributed by atoms with E-state index < -0.39 is 0 Å². The molecule has 1 fully saturated rings. The molecule has 0 amide bonds. The monoisotopic (exact) mass is 262 g/mol. The summed E-state index contributed by atoms with van der Waals surface area (Å²) in [5.74, 6) is 1.03. The van der Waals surface area contributed by atoms with Gasteiger partial charge in [-0.1, -0.05) is 6.07 Å². The van der Waals surface area contributed by atoms with Crippen molar-refractivity contribution in [1.82, 2.24) is 5.32 Å². The number of methoxy groups -OCH3 is 1. The Morgan fingerprint density at radius 2 is 2.32 bits per heavy atom. The number of benzene rings is 1. The molecule has 2 heterocycles. The summed E-state index contributed by atoms with van der Waals surface area (Å²) in [6, 6.07) is 4.38. The van der Waals surface area contributed by atoms with Gasteiger partial charge in [-0.15, -0.1) is 0 Å². The van der Waals surface area contributed by atoms with Crippen LogP contribution in [-0.2, 0) is 11.2 Å². The number of hydrogen-bond acceptors (Lipinski definition) is 4. The van der Waals surface area contributed by atoms with Crippen LogP contribution in [0.1, 0.15) is 23.7 Å². The molecule has 0 aliphatic carbocycles. The Hall–Kier alpha value is -1.26. The highest BCUT2D eigenvalue weighted by atomic mass is 16.5. The van der Waals surface area contributed by atoms with Crippen molar-refractivity contribution in [3.05, 3.63) is 23.3 Å². The van der Waals surface area contributed by atoms with E-state index in [1.807, 2.05) is 0 Å². The number of ether oxygens (including phenoxy) is 2. The lowest BCUT2D eigenvalue weighted by atomic mass is 9.95. The molecule has 1 atom stereocenters. The van der Waals surface area contributed by atoms with Gasteiger partial charge in [0.15, 0.2) is 0 Å². The summed E-state index contributed by atoms with van der Waals surface area (Å²) in [5, 5.41) is 3.38. The van der Waals surface area contributed by atoms with E-state index in [2.05, 4.69) is 29.4 Å². The zero-order valence-corrected chi connectivity index (χ0v) is 11.7. The predicted molar refractivity (Wildman–Crippen MR) is 76.1 cm³/mol. The Balaban J connectivity index is 2.00. The van der Waals surface area contributed by atoms with E-state index in [9.17, 15) is 0 Å². The van der Waals surface area contributed by atoms with Crippen molar-refractivity contribution < 1.29 is 9.47 Å². The maximum absolute atomic E-state index is 5.87. The molecule has 0 radical (unpaired) electrons. The van der Waals surface area contributed by atoms with Gasteiger partial charge >= 0.3 is 0 Å². The molecule has 1 N–H and O–H groups in total. The van der Waals surface area contributed by atoms with Crippen molar-refractivity contribution in [2.45, 2.75) is 18.9 Å². The van der Waals surface area contributed by atoms with Crippen LogP contribution >= 0.6 is 0 Å². The summed E-state index contributed by atoms with van der Waals surface area (Å²) in [6.07, 6.45) is 2.39. The fourth-order valence-electron chi connectivity index (χ4n) is 3.11. The molecule has 3 rings (SSSR count). The second-order valence-electron chi connectivity index (χ2n) is 5.27. The van der Waals surface area contributed by atoms with Crippen molar-refractivity contribution in [1.29, 1.82) is 0 Å². The largest absolute Gasteiger partial charge is 0.496 e. The highest BCUT2D eigenvalue weighted by Gasteiger charge is 2.25. The maximum atomic E-state index is 5.87. The van der Waals surface area contributed by atoms with Gasteiger partial charge in [-0.05, 0) is 18.9 Å². The van der Waals surface area contributed by atoms with Crippen LogP contribution in [0, 0.1) is 0 Å². The summed E-state index contributed by atoms with van der Waals surface area (Å²) in [6.45, 7) is 3.69. The van der Waals surface area contributed by atoms with Gasteiger partial charge in [0, 0.05) is 43.5 Å². The van der Waals surface area contributed by atoms with Gasteiger partial charge in [0.25, 0.3) is 0 Å². The molecule has 4 nitrogen and oxygen atoms in total. The highest BCUT2D eigenvalue weighted by Crippen LogP contribution is 2.39. The number of nitrogens with zero attached hydrogens (tertiary/aromatic N) is 1. The van der Waals surface area contributed by atoms with Crippen LogP contribution in [0.15, 0.2) is 12.1 Å². The van der Waals surface area contributed by atoms with E-state index in [0.717, 1.165) is 38.4 Å². The molecule has 1 saturated heterocycles. The molecule has 1 aromatic rings. The fourth-order valence-corrected chi connectivity index (χ4v) is 3.11. The molecule has 0 saturated carbocycles. The third-order valence-corrected chi connectivity index (χ3v) is 4.08. The number of anilines is 1. The number of nitrogens with one attached hydrogen (secondary N) is 1. The molecule has 1 aromatic carbocycles. The molecule has 2 aliphatic rings. The first kappa shape index (κ1) is 12.8. The van der Waals surface area contributed by atoms with E-state index in [0.29, 0.717) is 0 Å². The van der Waals surface area contributed by atoms with Gasteiger partial charge in [-0.2, -0.15) is 0 Å². The third kappa shape index (κ3) is 2.30. The normalized spacial score (nSPS) is 23.1. The Kier molecular flexibility index (Phi) is 3.62. The standard InChI is InChI=1S/C15H22N2O2/c1-17-8-3-4-11-13(17)6-5-12(15(11)18-2)14-10-16-7-9-19-14/h5-6,14,16H,3-4,7-10H2,1-2H3. The van der Waals surface area contributed by atoms with E-state index in [-0.39, 0.29) is 6.10 Å². The van der Waals surface area contributed by atoms with Gasteiger partial charge in [0.05, 0.1) is 19.8 Å². The molecule has 0 aromatic heterocycles. The van der Waals surface area contributed by atoms with E-state index in [4.69, 9.17) is 9.47 Å². The Labute approximate surface area is 114 Å². The van der Waals surface area contributed by atoms with Crippen LogP contribution in [0.3, 0.4) is 0 Å². The minimum atomic E-state index is 0.112. The van der Waals surface area contributed by atoms with Crippen molar-refractivity contribution in [2.75, 3.05) is 45.3 Å². The fraction of sp³-hybridized carbons (Fsp3) is 0.600. The van der Waals surface area contributed by atoms with Gasteiger partial charge in [0.2, 0.25) is 0 Å². The lowest BCUT2D eigenvalue weighted by Crippen LogP contribution is -2.34. The summed E-state index contributed by atoms with van der Waals surface area (Å²) >= 11 is 0. The van der Waals surface area contributed by atoms with Gasteiger partial charge in [-0.3, -0.25) is 0 Å². The van der Waals surface area contributed by atoms with Crippen LogP contribution in [-0.4, -0.2) is 40.4 Å². The zero-order valence-electron chi connectivity index (χ0n) is 11.7. The smallest absolute Gasteiger partial charge is 0.129 e. The van der Waals surface area contributed by atoms with Crippen LogP contribution < -0.4 is 15.0 Å².